The predicted molar refractivity (Wildman–Crippen MR) is 120 cm³/mol. The third-order valence-electron chi connectivity index (χ3n) is 9.38. The molecular weight excluding hydrogens is 408 g/mol. The van der Waals surface area contributed by atoms with E-state index in [2.05, 4.69) is 13.0 Å². The highest BCUT2D eigenvalue weighted by atomic mass is 16.3. The summed E-state index contributed by atoms with van der Waals surface area (Å²) < 4.78 is 0. The summed E-state index contributed by atoms with van der Waals surface area (Å²) in [4.78, 5) is 13.1. The lowest BCUT2D eigenvalue weighted by atomic mass is 9.51. The molecule has 0 radical (unpaired) electrons. The number of ketones is 1. The lowest BCUT2D eigenvalue weighted by Gasteiger charge is -2.54. The molecule has 0 aromatic rings. The number of carbonyl (C=O) groups is 1. The molecule has 0 aromatic carbocycles. The van der Waals surface area contributed by atoms with E-state index in [9.17, 15) is 30.3 Å². The van der Waals surface area contributed by atoms with Crippen LogP contribution in [0.2, 0.25) is 0 Å². The van der Waals surface area contributed by atoms with Gasteiger partial charge < -0.3 is 25.5 Å². The summed E-state index contributed by atoms with van der Waals surface area (Å²) in [5.74, 6) is -0.0323. The highest BCUT2D eigenvalue weighted by Crippen LogP contribution is 2.60. The average molecular weight is 449 g/mol. The van der Waals surface area contributed by atoms with Gasteiger partial charge in [0.2, 0.25) is 0 Å². The fraction of sp³-hybridized carbons (Fsp3) is 0.808. The number of aliphatic hydroxyl groups is 5. The minimum atomic E-state index is -1.26. The van der Waals surface area contributed by atoms with Crippen molar-refractivity contribution in [2.24, 2.45) is 35.0 Å². The first kappa shape index (κ1) is 24.1. The first-order valence-electron chi connectivity index (χ1n) is 12.3. The minimum absolute atomic E-state index is 0.0548. The molecule has 4 aliphatic carbocycles. The maximum atomic E-state index is 13.1. The van der Waals surface area contributed by atoms with E-state index >= 15 is 0 Å². The van der Waals surface area contributed by atoms with Gasteiger partial charge in [-0.25, -0.2) is 0 Å². The van der Waals surface area contributed by atoms with Crippen molar-refractivity contribution in [3.05, 3.63) is 23.3 Å². The number of hydrogen-bond acceptors (Lipinski definition) is 6. The van der Waals surface area contributed by atoms with Gasteiger partial charge in [-0.3, -0.25) is 4.79 Å². The molecule has 2 fully saturated rings. The first-order valence-corrected chi connectivity index (χ1v) is 12.3. The minimum Gasteiger partial charge on any atom is -0.396 e. The molecule has 10 atom stereocenters. The van der Waals surface area contributed by atoms with Gasteiger partial charge in [-0.15, -0.1) is 0 Å². The zero-order valence-corrected chi connectivity index (χ0v) is 19.6. The van der Waals surface area contributed by atoms with Crippen molar-refractivity contribution >= 4 is 5.78 Å². The Morgan fingerprint density at radius 2 is 1.88 bits per heavy atom. The van der Waals surface area contributed by atoms with Crippen molar-refractivity contribution in [3.8, 4) is 0 Å². The fourth-order valence-corrected chi connectivity index (χ4v) is 7.21. The second-order valence-corrected chi connectivity index (χ2v) is 11.5. The third-order valence-corrected chi connectivity index (χ3v) is 9.38. The van der Waals surface area contributed by atoms with Crippen molar-refractivity contribution in [1.82, 2.24) is 0 Å². The molecule has 32 heavy (non-hydrogen) atoms. The van der Waals surface area contributed by atoms with Crippen LogP contribution in [-0.4, -0.2) is 61.8 Å². The topological polar surface area (TPSA) is 118 Å². The zero-order valence-electron chi connectivity index (χ0n) is 19.6. The van der Waals surface area contributed by atoms with Gasteiger partial charge in [-0.2, -0.15) is 0 Å². The summed E-state index contributed by atoms with van der Waals surface area (Å²) in [6.07, 6.45) is 5.68. The van der Waals surface area contributed by atoms with Crippen LogP contribution in [0, 0.1) is 35.0 Å². The molecule has 2 saturated carbocycles. The standard InChI is InChI=1S/C26H40O6/c1-14(13-27)4-9-24(31)26(3,32)19-8-5-15-16(19)6-7-18-17(15)10-21(28)20-11-22(29)23(30)12-25(18,20)2/h6,10,14-15,18-20,22-24,27,29-32H,4-5,7-9,11-13H2,1-3H3/t14?,15-,18+,19+,20+,22-,23+,24-,25-,26-/m1/s1. The van der Waals surface area contributed by atoms with E-state index in [1.54, 1.807) is 13.0 Å². The molecule has 1 unspecified atom stereocenters. The van der Waals surface area contributed by atoms with Crippen LogP contribution in [0.25, 0.3) is 0 Å². The van der Waals surface area contributed by atoms with E-state index in [4.69, 9.17) is 0 Å². The van der Waals surface area contributed by atoms with Gasteiger partial charge in [0.05, 0.1) is 23.9 Å². The summed E-state index contributed by atoms with van der Waals surface area (Å²) in [6, 6.07) is 0. The molecule has 6 heteroatoms. The molecule has 0 aliphatic heterocycles. The Balaban J connectivity index is 1.57. The van der Waals surface area contributed by atoms with Gasteiger partial charge in [-0.1, -0.05) is 31.1 Å². The summed E-state index contributed by atoms with van der Waals surface area (Å²) >= 11 is 0. The highest BCUT2D eigenvalue weighted by molar-refractivity contribution is 5.94. The van der Waals surface area contributed by atoms with Crippen molar-refractivity contribution in [1.29, 1.82) is 0 Å². The van der Waals surface area contributed by atoms with Crippen LogP contribution in [0.15, 0.2) is 23.3 Å². The average Bonchev–Trinajstić information content (AvgIpc) is 3.19. The molecular formula is C26H40O6. The number of allylic oxidation sites excluding steroid dienone is 3. The van der Waals surface area contributed by atoms with Crippen LogP contribution in [0.3, 0.4) is 0 Å². The Labute approximate surface area is 191 Å². The molecule has 0 amide bonds. The van der Waals surface area contributed by atoms with E-state index in [1.165, 1.54) is 0 Å². The van der Waals surface area contributed by atoms with Crippen molar-refractivity contribution in [2.45, 2.75) is 89.6 Å². The maximum Gasteiger partial charge on any atom is 0.159 e. The summed E-state index contributed by atoms with van der Waals surface area (Å²) in [6.45, 7) is 5.81. The van der Waals surface area contributed by atoms with E-state index in [0.29, 0.717) is 25.7 Å². The zero-order chi connectivity index (χ0) is 23.4. The van der Waals surface area contributed by atoms with Crippen LogP contribution in [-0.2, 0) is 4.79 Å². The lowest BCUT2D eigenvalue weighted by Crippen LogP contribution is -2.54. The summed E-state index contributed by atoms with van der Waals surface area (Å²) in [5.41, 5.74) is 0.622. The van der Waals surface area contributed by atoms with Crippen molar-refractivity contribution < 1.29 is 30.3 Å². The van der Waals surface area contributed by atoms with Gasteiger partial charge in [-0.05, 0) is 75.2 Å². The van der Waals surface area contributed by atoms with Gasteiger partial charge in [0.1, 0.15) is 0 Å². The number of fused-ring (bicyclic) bond motifs is 5. The predicted octanol–water partition coefficient (Wildman–Crippen LogP) is 2.13. The summed E-state index contributed by atoms with van der Waals surface area (Å²) in [7, 11) is 0. The molecule has 0 saturated heterocycles. The third kappa shape index (κ3) is 3.82. The van der Waals surface area contributed by atoms with Gasteiger partial charge in [0.15, 0.2) is 5.78 Å². The molecule has 4 aliphatic rings. The molecule has 5 N–H and O–H groups in total. The van der Waals surface area contributed by atoms with Crippen LogP contribution >= 0.6 is 0 Å². The molecule has 0 bridgehead atoms. The number of hydrogen-bond donors (Lipinski definition) is 5. The van der Waals surface area contributed by atoms with Gasteiger partial charge >= 0.3 is 0 Å². The van der Waals surface area contributed by atoms with Crippen LogP contribution in [0.1, 0.15) is 65.7 Å². The molecule has 4 rings (SSSR count). The normalized spacial score (nSPS) is 42.7. The molecule has 0 aromatic heterocycles. The highest BCUT2D eigenvalue weighted by Gasteiger charge is 2.57. The smallest absolute Gasteiger partial charge is 0.159 e. The Kier molecular flexibility index (Phi) is 6.49. The van der Waals surface area contributed by atoms with Crippen molar-refractivity contribution in [2.75, 3.05) is 6.61 Å². The lowest BCUT2D eigenvalue weighted by molar-refractivity contribution is -0.140. The van der Waals surface area contributed by atoms with Crippen LogP contribution < -0.4 is 0 Å². The Morgan fingerprint density at radius 1 is 1.16 bits per heavy atom. The van der Waals surface area contributed by atoms with E-state index in [-0.39, 0.29) is 47.4 Å². The Morgan fingerprint density at radius 3 is 2.56 bits per heavy atom. The summed E-state index contributed by atoms with van der Waals surface area (Å²) in [5, 5.41) is 52.0. The largest absolute Gasteiger partial charge is 0.396 e. The maximum absolute atomic E-state index is 13.1. The SMILES string of the molecule is CC(CO)CC[C@@H](O)[C@](C)(O)[C@H]1CC[C@@H]2C1=CC[C@H]1C2=CC(=O)[C@@H]2C[C@@H](O)[C@@H](O)C[C@@]21C. The number of aliphatic hydroxyl groups excluding tert-OH is 4. The second-order valence-electron chi connectivity index (χ2n) is 11.5. The van der Waals surface area contributed by atoms with E-state index < -0.39 is 23.9 Å². The monoisotopic (exact) mass is 448 g/mol. The quantitative estimate of drug-likeness (QED) is 0.397. The number of carbonyl (C=O) groups excluding carboxylic acids is 1. The molecule has 180 valence electrons. The first-order chi connectivity index (χ1) is 15.0. The van der Waals surface area contributed by atoms with E-state index in [0.717, 1.165) is 30.4 Å². The van der Waals surface area contributed by atoms with Crippen molar-refractivity contribution in [3.63, 3.8) is 0 Å². The van der Waals surface area contributed by atoms with Gasteiger partial charge in [0.25, 0.3) is 0 Å². The van der Waals surface area contributed by atoms with Crippen LogP contribution in [0.4, 0.5) is 0 Å². The fourth-order valence-electron chi connectivity index (χ4n) is 7.21. The Bertz CT molecular complexity index is 800. The number of rotatable bonds is 6. The Hall–Kier alpha value is -1.05. The van der Waals surface area contributed by atoms with Gasteiger partial charge in [0, 0.05) is 24.4 Å². The van der Waals surface area contributed by atoms with Crippen LogP contribution in [0.5, 0.6) is 0 Å². The molecule has 6 nitrogen and oxygen atoms in total. The second kappa shape index (κ2) is 8.62. The van der Waals surface area contributed by atoms with E-state index in [1.807, 2.05) is 6.92 Å². The molecule has 0 heterocycles. The molecule has 0 spiro atoms.